The summed E-state index contributed by atoms with van der Waals surface area (Å²) in [5.74, 6) is -1.46. The van der Waals surface area contributed by atoms with Gasteiger partial charge in [-0.3, -0.25) is 9.00 Å². The molecule has 0 aliphatic heterocycles. The number of primary amides is 1. The van der Waals surface area contributed by atoms with E-state index < -0.39 is 23.1 Å². The second kappa shape index (κ2) is 11.4. The number of benzene rings is 2. The molecule has 0 fully saturated rings. The quantitative estimate of drug-likeness (QED) is 0.243. The SMILES string of the molecule is Cc1cccc(Nc2c(NS(=O)[O-])ccc(OC(=O)C3=CCCCC3)c2C(N)=O)c1.[H-].[Na+]. The van der Waals surface area contributed by atoms with E-state index in [1.807, 2.05) is 25.1 Å². The standard InChI is InChI=1S/C21H23N3O5S.Na.H/c1-13-6-5-9-15(12-13)23-19-16(24-30(27)28)10-11-17(18(19)20(22)25)29-21(26)14-7-3-2-4-8-14;;/h5-7,9-12,23-24H,2-4,8H2,1H3,(H2,22,25)(H,27,28);;/q;+1;-1/p-1. The number of nitrogens with two attached hydrogens (primary N) is 1. The molecular weight excluding hydrogens is 429 g/mol. The van der Waals surface area contributed by atoms with E-state index in [1.54, 1.807) is 12.1 Å². The summed E-state index contributed by atoms with van der Waals surface area (Å²) in [6.45, 7) is 1.89. The van der Waals surface area contributed by atoms with Crippen LogP contribution >= 0.6 is 0 Å². The number of hydrogen-bond donors (Lipinski definition) is 3. The molecule has 8 nitrogen and oxygen atoms in total. The van der Waals surface area contributed by atoms with Crippen LogP contribution in [0.5, 0.6) is 5.75 Å². The second-order valence-corrected chi connectivity index (χ2v) is 7.59. The first-order chi connectivity index (χ1) is 14.3. The Morgan fingerprint density at radius 2 is 2.00 bits per heavy atom. The molecule has 1 aliphatic carbocycles. The van der Waals surface area contributed by atoms with Crippen molar-refractivity contribution in [2.24, 2.45) is 5.73 Å². The minimum atomic E-state index is -2.64. The van der Waals surface area contributed by atoms with Crippen LogP contribution in [0.25, 0.3) is 0 Å². The van der Waals surface area contributed by atoms with Crippen molar-refractivity contribution in [2.45, 2.75) is 32.6 Å². The molecule has 2 aromatic rings. The number of esters is 1. The summed E-state index contributed by atoms with van der Waals surface area (Å²) in [5, 5.41) is 3.02. The third-order valence-electron chi connectivity index (χ3n) is 4.65. The molecule has 31 heavy (non-hydrogen) atoms. The first-order valence-electron chi connectivity index (χ1n) is 9.43. The van der Waals surface area contributed by atoms with Crippen LogP contribution < -0.4 is 50.1 Å². The third kappa shape index (κ3) is 6.65. The minimum Gasteiger partial charge on any atom is -1.00 e. The zero-order valence-corrected chi connectivity index (χ0v) is 20.2. The predicted molar refractivity (Wildman–Crippen MR) is 115 cm³/mol. The number of carbonyl (C=O) groups excluding carboxylic acids is 2. The first-order valence-corrected chi connectivity index (χ1v) is 10.5. The fraction of sp³-hybridized carbons (Fsp3) is 0.238. The fourth-order valence-electron chi connectivity index (χ4n) is 3.27. The van der Waals surface area contributed by atoms with Crippen LogP contribution in [0.1, 0.15) is 43.0 Å². The van der Waals surface area contributed by atoms with Gasteiger partial charge in [0.1, 0.15) is 11.3 Å². The van der Waals surface area contributed by atoms with Gasteiger partial charge < -0.3 is 26.5 Å². The smallest absolute Gasteiger partial charge is 1.00 e. The van der Waals surface area contributed by atoms with E-state index in [0.717, 1.165) is 24.8 Å². The van der Waals surface area contributed by atoms with E-state index in [1.165, 1.54) is 12.1 Å². The molecule has 0 bridgehead atoms. The van der Waals surface area contributed by atoms with Crippen molar-refractivity contribution in [3.63, 3.8) is 0 Å². The fourth-order valence-corrected chi connectivity index (χ4v) is 3.62. The summed E-state index contributed by atoms with van der Waals surface area (Å²) in [5.41, 5.74) is 7.76. The molecule has 1 unspecified atom stereocenters. The van der Waals surface area contributed by atoms with Crippen LogP contribution in [0.4, 0.5) is 17.1 Å². The monoisotopic (exact) mass is 452 g/mol. The Balaban J connectivity index is 0.00000256. The van der Waals surface area contributed by atoms with E-state index in [9.17, 15) is 18.4 Å². The van der Waals surface area contributed by atoms with Gasteiger partial charge in [0.2, 0.25) is 0 Å². The Labute approximate surface area is 206 Å². The number of allylic oxidation sites excluding steroid dienone is 1. The van der Waals surface area contributed by atoms with Crippen molar-refractivity contribution in [1.29, 1.82) is 0 Å². The molecule has 0 saturated heterocycles. The largest absolute Gasteiger partial charge is 1.00 e. The van der Waals surface area contributed by atoms with Gasteiger partial charge in [-0.2, -0.15) is 0 Å². The molecular formula is C21H23N3NaO5S-. The normalized spacial score (nSPS) is 13.9. The van der Waals surface area contributed by atoms with Crippen molar-refractivity contribution in [3.05, 3.63) is 59.2 Å². The van der Waals surface area contributed by atoms with Crippen molar-refractivity contribution in [1.82, 2.24) is 0 Å². The molecule has 0 radical (unpaired) electrons. The third-order valence-corrected chi connectivity index (χ3v) is 5.04. The maximum absolute atomic E-state index is 12.5. The van der Waals surface area contributed by atoms with Gasteiger partial charge in [0.25, 0.3) is 5.91 Å². The summed E-state index contributed by atoms with van der Waals surface area (Å²) in [6, 6.07) is 10.0. The summed E-state index contributed by atoms with van der Waals surface area (Å²) < 4.78 is 30.2. The number of rotatable bonds is 7. The minimum absolute atomic E-state index is 0. The number of amides is 1. The molecule has 0 spiro atoms. The predicted octanol–water partition coefficient (Wildman–Crippen LogP) is 0.566. The topological polar surface area (TPSA) is 134 Å². The number of carbonyl (C=O) groups is 2. The molecule has 3 rings (SSSR count). The van der Waals surface area contributed by atoms with Gasteiger partial charge in [-0.15, -0.1) is 0 Å². The number of aryl methyl sites for hydroxylation is 1. The first kappa shape index (κ1) is 25.1. The van der Waals surface area contributed by atoms with Gasteiger partial charge in [-0.05, 0) is 62.4 Å². The number of anilines is 3. The number of hydrogen-bond acceptors (Lipinski definition) is 6. The number of nitrogens with one attached hydrogen (secondary N) is 2. The molecule has 0 heterocycles. The molecule has 160 valence electrons. The van der Waals surface area contributed by atoms with Crippen LogP contribution in [0, 0.1) is 6.92 Å². The zero-order chi connectivity index (χ0) is 21.7. The van der Waals surface area contributed by atoms with Gasteiger partial charge in [0.05, 0.1) is 11.4 Å². The van der Waals surface area contributed by atoms with Crippen LogP contribution in [-0.2, 0) is 16.1 Å². The summed E-state index contributed by atoms with van der Waals surface area (Å²) in [7, 11) is 0. The molecule has 10 heteroatoms. The maximum atomic E-state index is 12.5. The van der Waals surface area contributed by atoms with Gasteiger partial charge in [-0.25, -0.2) is 4.79 Å². The van der Waals surface area contributed by atoms with Crippen LogP contribution in [0.3, 0.4) is 0 Å². The van der Waals surface area contributed by atoms with E-state index in [2.05, 4.69) is 10.0 Å². The average Bonchev–Trinajstić information content (AvgIpc) is 2.70. The van der Waals surface area contributed by atoms with Crippen molar-refractivity contribution >= 4 is 40.2 Å². The van der Waals surface area contributed by atoms with Crippen molar-refractivity contribution in [2.75, 3.05) is 10.0 Å². The van der Waals surface area contributed by atoms with E-state index >= 15 is 0 Å². The van der Waals surface area contributed by atoms with Crippen molar-refractivity contribution in [3.8, 4) is 5.75 Å². The maximum Gasteiger partial charge on any atom is 1.00 e. The molecule has 0 saturated carbocycles. The van der Waals surface area contributed by atoms with Crippen LogP contribution in [0.2, 0.25) is 0 Å². The van der Waals surface area contributed by atoms with Gasteiger partial charge in [0.15, 0.2) is 0 Å². The second-order valence-electron chi connectivity index (χ2n) is 6.92. The van der Waals surface area contributed by atoms with Crippen LogP contribution in [0.15, 0.2) is 48.0 Å². The van der Waals surface area contributed by atoms with E-state index in [0.29, 0.717) is 17.7 Å². The molecule has 1 amide bonds. The van der Waals surface area contributed by atoms with Gasteiger partial charge >= 0.3 is 35.5 Å². The van der Waals surface area contributed by atoms with E-state index in [4.69, 9.17) is 10.5 Å². The Morgan fingerprint density at radius 3 is 2.61 bits per heavy atom. The Bertz CT molecular complexity index is 1050. The molecule has 1 aliphatic rings. The van der Waals surface area contributed by atoms with E-state index in [-0.39, 0.29) is 53.7 Å². The molecule has 2 aromatic carbocycles. The summed E-state index contributed by atoms with van der Waals surface area (Å²) >= 11 is -2.64. The van der Waals surface area contributed by atoms with Gasteiger partial charge in [-0.1, -0.05) is 18.2 Å². The Kier molecular flexibility index (Phi) is 9.27. The van der Waals surface area contributed by atoms with Crippen molar-refractivity contribution < 1.29 is 54.1 Å². The summed E-state index contributed by atoms with van der Waals surface area (Å²) in [6.07, 6.45) is 5.14. The zero-order valence-electron chi connectivity index (χ0n) is 18.4. The number of ether oxygens (including phenoxy) is 1. The van der Waals surface area contributed by atoms with Gasteiger partial charge in [0, 0.05) is 22.5 Å². The Hall–Kier alpha value is -2.17. The Morgan fingerprint density at radius 1 is 1.23 bits per heavy atom. The molecule has 1 atom stereocenters. The molecule has 0 aromatic heterocycles. The summed E-state index contributed by atoms with van der Waals surface area (Å²) in [4.78, 5) is 24.8. The average molecular weight is 452 g/mol. The van der Waals surface area contributed by atoms with Crippen LogP contribution in [-0.4, -0.2) is 20.6 Å². The molecule has 4 N–H and O–H groups in total.